The van der Waals surface area contributed by atoms with Gasteiger partial charge in [-0.2, -0.15) is 13.2 Å². The molecule has 2 aromatic heterocycles. The van der Waals surface area contributed by atoms with E-state index in [4.69, 9.17) is 5.11 Å². The molecule has 7 nitrogen and oxygen atoms in total. The third kappa shape index (κ3) is 5.22. The smallest absolute Gasteiger partial charge is 0.433 e. The number of aliphatic carboxylic acids is 1. The van der Waals surface area contributed by atoms with Gasteiger partial charge >= 0.3 is 12.1 Å². The lowest BCUT2D eigenvalue weighted by Gasteiger charge is -2.12. The Kier molecular flexibility index (Phi) is 5.86. The number of anilines is 3. The predicted molar refractivity (Wildman–Crippen MR) is 105 cm³/mol. The first-order valence-corrected chi connectivity index (χ1v) is 8.86. The summed E-state index contributed by atoms with van der Waals surface area (Å²) in [5, 5.41) is 14.5. The molecule has 3 aromatic rings. The first kappa shape index (κ1) is 21.0. The van der Waals surface area contributed by atoms with Crippen LogP contribution in [0.4, 0.5) is 30.6 Å². The molecule has 2 heterocycles. The molecule has 1 aromatic carbocycles. The van der Waals surface area contributed by atoms with Crippen LogP contribution in [0.5, 0.6) is 0 Å². The number of nitrogens with zero attached hydrogens (tertiary/aromatic N) is 3. The van der Waals surface area contributed by atoms with Crippen LogP contribution in [0.15, 0.2) is 48.8 Å². The van der Waals surface area contributed by atoms with Crippen molar-refractivity contribution in [3.05, 3.63) is 60.0 Å². The van der Waals surface area contributed by atoms with E-state index in [1.54, 1.807) is 30.5 Å². The van der Waals surface area contributed by atoms with Crippen molar-refractivity contribution in [2.75, 3.05) is 10.6 Å². The lowest BCUT2D eigenvalue weighted by atomic mass is 10.0. The van der Waals surface area contributed by atoms with Gasteiger partial charge in [0.05, 0.1) is 0 Å². The maximum absolute atomic E-state index is 12.8. The molecule has 0 amide bonds. The number of aryl methyl sites for hydroxylation is 1. The first-order chi connectivity index (χ1) is 14.1. The SMILES string of the molecule is Cc1cc(Nc2nccc(C(F)(F)F)n2)cc(-c2ccc(NC(C)C(=O)O)nc2)c1. The zero-order chi connectivity index (χ0) is 21.9. The van der Waals surface area contributed by atoms with E-state index < -0.39 is 23.9 Å². The summed E-state index contributed by atoms with van der Waals surface area (Å²) in [7, 11) is 0. The molecule has 0 spiro atoms. The number of carboxylic acids is 1. The fourth-order valence-corrected chi connectivity index (χ4v) is 2.66. The van der Waals surface area contributed by atoms with Crippen molar-refractivity contribution < 1.29 is 23.1 Å². The summed E-state index contributed by atoms with van der Waals surface area (Å²) in [6.07, 6.45) is -1.93. The average molecular weight is 417 g/mol. The standard InChI is InChI=1S/C20H18F3N5O2/c1-11-7-14(13-3-4-17(25-10-13)26-12(2)18(29)30)9-15(8-11)27-19-24-6-5-16(28-19)20(21,22)23/h3-10,12H,1-2H3,(H,25,26)(H,29,30)(H,24,27,28). The van der Waals surface area contributed by atoms with Crippen LogP contribution in [0.1, 0.15) is 18.2 Å². The molecule has 0 bridgehead atoms. The molecule has 0 saturated carbocycles. The fourth-order valence-electron chi connectivity index (χ4n) is 2.66. The normalized spacial score (nSPS) is 12.3. The molecule has 3 rings (SSSR count). The summed E-state index contributed by atoms with van der Waals surface area (Å²) in [6.45, 7) is 3.35. The Morgan fingerprint density at radius 3 is 2.50 bits per heavy atom. The van der Waals surface area contributed by atoms with Crippen molar-refractivity contribution in [3.63, 3.8) is 0 Å². The van der Waals surface area contributed by atoms with Crippen molar-refractivity contribution in [1.29, 1.82) is 0 Å². The molecule has 30 heavy (non-hydrogen) atoms. The summed E-state index contributed by atoms with van der Waals surface area (Å²) in [5.74, 6) is -0.745. The van der Waals surface area contributed by atoms with Crippen LogP contribution < -0.4 is 10.6 Å². The molecule has 0 aliphatic rings. The quantitative estimate of drug-likeness (QED) is 0.543. The number of hydrogen-bond acceptors (Lipinski definition) is 6. The Labute approximate surface area is 170 Å². The maximum Gasteiger partial charge on any atom is 0.433 e. The second-order valence-corrected chi connectivity index (χ2v) is 6.61. The minimum absolute atomic E-state index is 0.165. The summed E-state index contributed by atoms with van der Waals surface area (Å²) < 4.78 is 38.5. The molecule has 1 unspecified atom stereocenters. The Bertz CT molecular complexity index is 1060. The van der Waals surface area contributed by atoms with Gasteiger partial charge in [0.1, 0.15) is 17.6 Å². The van der Waals surface area contributed by atoms with E-state index >= 15 is 0 Å². The highest BCUT2D eigenvalue weighted by atomic mass is 19.4. The van der Waals surface area contributed by atoms with E-state index in [1.807, 2.05) is 13.0 Å². The molecule has 0 radical (unpaired) electrons. The zero-order valence-electron chi connectivity index (χ0n) is 16.0. The fraction of sp³-hybridized carbons (Fsp3) is 0.200. The Balaban J connectivity index is 1.83. The molecule has 0 saturated heterocycles. The van der Waals surface area contributed by atoms with Gasteiger partial charge in [-0.25, -0.2) is 15.0 Å². The number of alkyl halides is 3. The summed E-state index contributed by atoms with van der Waals surface area (Å²) in [6, 6.07) is 8.82. The average Bonchev–Trinajstić information content (AvgIpc) is 2.67. The highest BCUT2D eigenvalue weighted by Gasteiger charge is 2.32. The Hall–Kier alpha value is -3.69. The second kappa shape index (κ2) is 8.36. The number of halogens is 3. The molecule has 0 aliphatic carbocycles. The Morgan fingerprint density at radius 2 is 1.87 bits per heavy atom. The summed E-state index contributed by atoms with van der Waals surface area (Å²) >= 11 is 0. The van der Waals surface area contributed by atoms with Crippen LogP contribution in [-0.2, 0) is 11.0 Å². The molecule has 3 N–H and O–H groups in total. The van der Waals surface area contributed by atoms with Crippen molar-refractivity contribution >= 4 is 23.4 Å². The topological polar surface area (TPSA) is 100 Å². The molecule has 0 aliphatic heterocycles. The van der Waals surface area contributed by atoms with Crippen molar-refractivity contribution in [3.8, 4) is 11.1 Å². The van der Waals surface area contributed by atoms with Gasteiger partial charge in [0.15, 0.2) is 0 Å². The molecular formula is C20H18F3N5O2. The largest absolute Gasteiger partial charge is 0.480 e. The van der Waals surface area contributed by atoms with Gasteiger partial charge in [-0.1, -0.05) is 6.07 Å². The van der Waals surface area contributed by atoms with E-state index in [9.17, 15) is 18.0 Å². The van der Waals surface area contributed by atoms with E-state index in [0.29, 0.717) is 11.5 Å². The molecule has 0 fully saturated rings. The summed E-state index contributed by atoms with van der Waals surface area (Å²) in [5.41, 5.74) is 1.88. The lowest BCUT2D eigenvalue weighted by molar-refractivity contribution is -0.141. The number of aromatic nitrogens is 3. The van der Waals surface area contributed by atoms with Crippen LogP contribution in [0.3, 0.4) is 0 Å². The van der Waals surface area contributed by atoms with Gasteiger partial charge < -0.3 is 15.7 Å². The zero-order valence-corrected chi connectivity index (χ0v) is 16.0. The van der Waals surface area contributed by atoms with Crippen LogP contribution in [0.2, 0.25) is 0 Å². The van der Waals surface area contributed by atoms with E-state index in [0.717, 1.165) is 29.0 Å². The van der Waals surface area contributed by atoms with Gasteiger partial charge in [0.2, 0.25) is 5.95 Å². The van der Waals surface area contributed by atoms with E-state index in [2.05, 4.69) is 25.6 Å². The van der Waals surface area contributed by atoms with Gasteiger partial charge in [0.25, 0.3) is 0 Å². The third-order valence-corrected chi connectivity index (χ3v) is 4.11. The van der Waals surface area contributed by atoms with Crippen molar-refractivity contribution in [2.24, 2.45) is 0 Å². The van der Waals surface area contributed by atoms with Gasteiger partial charge in [-0.3, -0.25) is 4.79 Å². The lowest BCUT2D eigenvalue weighted by Crippen LogP contribution is -2.25. The third-order valence-electron chi connectivity index (χ3n) is 4.11. The highest BCUT2D eigenvalue weighted by Crippen LogP contribution is 2.29. The van der Waals surface area contributed by atoms with Crippen LogP contribution in [0.25, 0.3) is 11.1 Å². The number of carbonyl (C=O) groups is 1. The number of rotatable bonds is 6. The number of pyridine rings is 1. The predicted octanol–water partition coefficient (Wildman–Crippen LogP) is 4.49. The second-order valence-electron chi connectivity index (χ2n) is 6.61. The maximum atomic E-state index is 12.8. The van der Waals surface area contributed by atoms with Gasteiger partial charge in [-0.15, -0.1) is 0 Å². The Morgan fingerprint density at radius 1 is 1.10 bits per heavy atom. The van der Waals surface area contributed by atoms with Crippen molar-refractivity contribution in [1.82, 2.24) is 15.0 Å². The number of hydrogen-bond donors (Lipinski definition) is 3. The number of nitrogens with one attached hydrogen (secondary N) is 2. The van der Waals surface area contributed by atoms with Gasteiger partial charge in [0, 0.05) is 23.6 Å². The van der Waals surface area contributed by atoms with E-state index in [-0.39, 0.29) is 5.95 Å². The highest BCUT2D eigenvalue weighted by molar-refractivity contribution is 5.76. The molecular weight excluding hydrogens is 399 g/mol. The van der Waals surface area contributed by atoms with Crippen LogP contribution in [-0.4, -0.2) is 32.1 Å². The first-order valence-electron chi connectivity index (χ1n) is 8.86. The minimum Gasteiger partial charge on any atom is -0.480 e. The number of benzene rings is 1. The van der Waals surface area contributed by atoms with Crippen LogP contribution >= 0.6 is 0 Å². The molecule has 1 atom stereocenters. The monoisotopic (exact) mass is 417 g/mol. The number of carboxylic acid groups (broad SMARTS) is 1. The summed E-state index contributed by atoms with van der Waals surface area (Å²) in [4.78, 5) is 22.5. The van der Waals surface area contributed by atoms with Crippen LogP contribution in [0, 0.1) is 6.92 Å². The van der Waals surface area contributed by atoms with Gasteiger partial charge in [-0.05, 0) is 55.3 Å². The minimum atomic E-state index is -4.56. The van der Waals surface area contributed by atoms with E-state index in [1.165, 1.54) is 6.92 Å². The molecule has 10 heteroatoms. The molecule has 156 valence electrons. The van der Waals surface area contributed by atoms with Crippen molar-refractivity contribution in [2.45, 2.75) is 26.1 Å².